The van der Waals surface area contributed by atoms with Gasteiger partial charge in [-0.1, -0.05) is 17.7 Å². The topological polar surface area (TPSA) is 88.1 Å². The number of anilines is 2. The van der Waals surface area contributed by atoms with Gasteiger partial charge in [0.1, 0.15) is 5.15 Å². The van der Waals surface area contributed by atoms with Crippen molar-refractivity contribution in [3.05, 3.63) is 53.3 Å². The molecular weight excluding hydrogens is 330 g/mol. The number of halogens is 1. The van der Waals surface area contributed by atoms with Crippen LogP contribution in [0.4, 0.5) is 16.2 Å². The van der Waals surface area contributed by atoms with E-state index in [4.69, 9.17) is 11.6 Å². The molecule has 0 saturated heterocycles. The predicted octanol–water partition coefficient (Wildman–Crippen LogP) is 2.94. The normalized spacial score (nSPS) is 10.1. The molecule has 7 nitrogen and oxygen atoms in total. The summed E-state index contributed by atoms with van der Waals surface area (Å²) in [5.41, 5.74) is 2.07. The molecule has 0 bridgehead atoms. The van der Waals surface area contributed by atoms with Crippen LogP contribution in [0.15, 0.2) is 36.9 Å². The maximum atomic E-state index is 12.3. The van der Waals surface area contributed by atoms with Gasteiger partial charge in [0.15, 0.2) is 0 Å². The van der Waals surface area contributed by atoms with E-state index in [-0.39, 0.29) is 17.1 Å². The number of nitrogens with one attached hydrogen (secondary N) is 3. The molecule has 0 radical (unpaired) electrons. The molecule has 0 unspecified atom stereocenters. The highest BCUT2D eigenvalue weighted by Gasteiger charge is 2.18. The summed E-state index contributed by atoms with van der Waals surface area (Å²) < 4.78 is 1.45. The van der Waals surface area contributed by atoms with Gasteiger partial charge >= 0.3 is 6.03 Å². The number of carbonyl (C=O) groups excluding carboxylic acids is 2. The van der Waals surface area contributed by atoms with Crippen molar-refractivity contribution in [2.45, 2.75) is 6.92 Å². The number of carbonyl (C=O) groups is 2. The molecule has 0 fully saturated rings. The third-order valence-electron chi connectivity index (χ3n) is 3.19. The molecule has 2 rings (SSSR count). The first-order valence-corrected chi connectivity index (χ1v) is 7.56. The molecule has 1 heterocycles. The van der Waals surface area contributed by atoms with Crippen LogP contribution >= 0.6 is 11.6 Å². The Kier molecular flexibility index (Phi) is 5.59. The molecule has 24 heavy (non-hydrogen) atoms. The van der Waals surface area contributed by atoms with Gasteiger partial charge in [-0.25, -0.2) is 4.79 Å². The van der Waals surface area contributed by atoms with Crippen molar-refractivity contribution in [3.63, 3.8) is 0 Å². The molecule has 3 amide bonds. The summed E-state index contributed by atoms with van der Waals surface area (Å²) in [4.78, 5) is 23.8. The minimum absolute atomic E-state index is 0.280. The monoisotopic (exact) mass is 347 g/mol. The highest BCUT2D eigenvalue weighted by Crippen LogP contribution is 2.21. The first-order valence-electron chi connectivity index (χ1n) is 7.18. The van der Waals surface area contributed by atoms with E-state index in [1.165, 1.54) is 4.68 Å². The van der Waals surface area contributed by atoms with Crippen molar-refractivity contribution in [1.29, 1.82) is 0 Å². The molecule has 0 atom stereocenters. The molecule has 0 aliphatic rings. The van der Waals surface area contributed by atoms with E-state index in [1.807, 2.05) is 0 Å². The molecule has 8 heteroatoms. The van der Waals surface area contributed by atoms with Crippen molar-refractivity contribution in [3.8, 4) is 0 Å². The molecule has 1 aromatic carbocycles. The van der Waals surface area contributed by atoms with Crippen molar-refractivity contribution in [2.75, 3.05) is 17.2 Å². The molecule has 3 N–H and O–H groups in total. The van der Waals surface area contributed by atoms with Crippen LogP contribution < -0.4 is 16.0 Å². The van der Waals surface area contributed by atoms with E-state index in [0.29, 0.717) is 29.2 Å². The molecule has 0 saturated carbocycles. The van der Waals surface area contributed by atoms with Crippen LogP contribution in [0.5, 0.6) is 0 Å². The summed E-state index contributed by atoms with van der Waals surface area (Å²) in [6.07, 6.45) is 1.59. The number of urea groups is 1. The number of amides is 3. The molecule has 1 aromatic heterocycles. The lowest BCUT2D eigenvalue weighted by atomic mass is 10.2. The molecule has 0 aliphatic heterocycles. The van der Waals surface area contributed by atoms with Crippen molar-refractivity contribution < 1.29 is 9.59 Å². The predicted molar refractivity (Wildman–Crippen MR) is 94.6 cm³/mol. The van der Waals surface area contributed by atoms with Gasteiger partial charge in [0.25, 0.3) is 5.91 Å². The van der Waals surface area contributed by atoms with Gasteiger partial charge in [0, 0.05) is 25.0 Å². The summed E-state index contributed by atoms with van der Waals surface area (Å²) >= 11 is 6.08. The minimum atomic E-state index is -0.338. The largest absolute Gasteiger partial charge is 0.334 e. The van der Waals surface area contributed by atoms with E-state index in [2.05, 4.69) is 27.6 Å². The standard InChI is InChI=1S/C16H18ClN5O2/c1-4-9-18-16(24)20-12-7-5-11(6-8-12)19-15(23)13-10(2)21-22(3)14(13)17/h4-8H,1,9H2,2-3H3,(H,19,23)(H2,18,20,24). The molecule has 0 aliphatic carbocycles. The molecule has 0 spiro atoms. The summed E-state index contributed by atoms with van der Waals surface area (Å²) in [6, 6.07) is 6.40. The Bertz CT molecular complexity index is 768. The minimum Gasteiger partial charge on any atom is -0.334 e. The second-order valence-corrected chi connectivity index (χ2v) is 5.39. The Morgan fingerprint density at radius 2 is 1.83 bits per heavy atom. The number of rotatable bonds is 5. The zero-order valence-corrected chi connectivity index (χ0v) is 14.1. The summed E-state index contributed by atoms with van der Waals surface area (Å²) in [7, 11) is 1.67. The van der Waals surface area contributed by atoms with Gasteiger partial charge in [-0.2, -0.15) is 5.10 Å². The number of nitrogens with zero attached hydrogens (tertiary/aromatic N) is 2. The molecule has 126 valence electrons. The van der Waals surface area contributed by atoms with Crippen LogP contribution in [-0.4, -0.2) is 28.3 Å². The fourth-order valence-electron chi connectivity index (χ4n) is 2.06. The third-order valence-corrected chi connectivity index (χ3v) is 3.62. The lowest BCUT2D eigenvalue weighted by molar-refractivity contribution is 0.102. The van der Waals surface area contributed by atoms with Crippen LogP contribution in [-0.2, 0) is 7.05 Å². The van der Waals surface area contributed by atoms with Crippen molar-refractivity contribution in [1.82, 2.24) is 15.1 Å². The van der Waals surface area contributed by atoms with Crippen molar-refractivity contribution >= 4 is 34.9 Å². The van der Waals surface area contributed by atoms with Gasteiger partial charge in [0.05, 0.1) is 11.3 Å². The van der Waals surface area contributed by atoms with Crippen LogP contribution in [0.1, 0.15) is 16.1 Å². The number of hydrogen-bond donors (Lipinski definition) is 3. The molecule has 2 aromatic rings. The average molecular weight is 348 g/mol. The number of aromatic nitrogens is 2. The maximum Gasteiger partial charge on any atom is 0.319 e. The zero-order chi connectivity index (χ0) is 17.7. The van der Waals surface area contributed by atoms with Crippen LogP contribution in [0, 0.1) is 6.92 Å². The van der Waals surface area contributed by atoms with E-state index in [0.717, 1.165) is 0 Å². The quantitative estimate of drug-likeness (QED) is 0.726. The number of benzene rings is 1. The number of aryl methyl sites for hydroxylation is 2. The number of hydrogen-bond acceptors (Lipinski definition) is 3. The fraction of sp³-hybridized carbons (Fsp3) is 0.188. The molecular formula is C16H18ClN5O2. The van der Waals surface area contributed by atoms with E-state index in [1.54, 1.807) is 44.3 Å². The zero-order valence-electron chi connectivity index (χ0n) is 13.4. The summed E-state index contributed by atoms with van der Waals surface area (Å²) in [6.45, 7) is 5.62. The smallest absolute Gasteiger partial charge is 0.319 e. The summed E-state index contributed by atoms with van der Waals surface area (Å²) in [5.74, 6) is -0.338. The van der Waals surface area contributed by atoms with Gasteiger partial charge in [-0.3, -0.25) is 9.48 Å². The first-order chi connectivity index (χ1) is 11.4. The van der Waals surface area contributed by atoms with Crippen LogP contribution in [0.3, 0.4) is 0 Å². The van der Waals surface area contributed by atoms with E-state index < -0.39 is 0 Å². The Morgan fingerprint density at radius 3 is 2.33 bits per heavy atom. The highest BCUT2D eigenvalue weighted by molar-refractivity contribution is 6.33. The first kappa shape index (κ1) is 17.6. The lowest BCUT2D eigenvalue weighted by Crippen LogP contribution is -2.28. The van der Waals surface area contributed by atoms with Gasteiger partial charge in [-0.05, 0) is 31.2 Å². The summed E-state index contributed by atoms with van der Waals surface area (Å²) in [5, 5.41) is 12.4. The maximum absolute atomic E-state index is 12.3. The van der Waals surface area contributed by atoms with Gasteiger partial charge < -0.3 is 16.0 Å². The van der Waals surface area contributed by atoms with Crippen LogP contribution in [0.2, 0.25) is 5.15 Å². The average Bonchev–Trinajstić information content (AvgIpc) is 2.80. The lowest BCUT2D eigenvalue weighted by Gasteiger charge is -2.08. The Balaban J connectivity index is 2.02. The second-order valence-electron chi connectivity index (χ2n) is 5.03. The second kappa shape index (κ2) is 7.65. The third kappa shape index (κ3) is 4.14. The Labute approximate surface area is 144 Å². The fourth-order valence-corrected chi connectivity index (χ4v) is 2.32. The Morgan fingerprint density at radius 1 is 1.25 bits per heavy atom. The SMILES string of the molecule is C=CCNC(=O)Nc1ccc(NC(=O)c2c(C)nn(C)c2Cl)cc1. The highest BCUT2D eigenvalue weighted by atomic mass is 35.5. The van der Waals surface area contributed by atoms with E-state index in [9.17, 15) is 9.59 Å². The van der Waals surface area contributed by atoms with Crippen LogP contribution in [0.25, 0.3) is 0 Å². The van der Waals surface area contributed by atoms with Gasteiger partial charge in [0.2, 0.25) is 0 Å². The Hall–Kier alpha value is -2.80. The van der Waals surface area contributed by atoms with Crippen molar-refractivity contribution in [2.24, 2.45) is 7.05 Å². The van der Waals surface area contributed by atoms with E-state index >= 15 is 0 Å². The van der Waals surface area contributed by atoms with Gasteiger partial charge in [-0.15, -0.1) is 6.58 Å².